The molecule has 0 bridgehead atoms. The Labute approximate surface area is 136 Å². The van der Waals surface area contributed by atoms with Crippen molar-refractivity contribution in [2.45, 2.75) is 51.6 Å². The Morgan fingerprint density at radius 3 is 2.67 bits per heavy atom. The van der Waals surface area contributed by atoms with Gasteiger partial charge in [0, 0.05) is 23.1 Å². The molecule has 1 saturated carbocycles. The predicted octanol–water partition coefficient (Wildman–Crippen LogP) is 3.86. The Morgan fingerprint density at radius 1 is 1.38 bits per heavy atom. The molecule has 2 N–H and O–H groups in total. The van der Waals surface area contributed by atoms with Gasteiger partial charge >= 0.3 is 0 Å². The molecule has 1 atom stereocenters. The summed E-state index contributed by atoms with van der Waals surface area (Å²) in [6.45, 7) is 6.21. The van der Waals surface area contributed by atoms with E-state index in [0.717, 1.165) is 11.0 Å². The largest absolute Gasteiger partial charge is 0.395 e. The van der Waals surface area contributed by atoms with Crippen molar-refractivity contribution in [2.75, 3.05) is 24.6 Å². The SMILES string of the molecule is CCNC(C)c1ccc(N(CCO)C2CCCC2)c(Br)c1. The summed E-state index contributed by atoms with van der Waals surface area (Å²) >= 11 is 3.73. The molecule has 0 aromatic heterocycles. The van der Waals surface area contributed by atoms with Gasteiger partial charge in [-0.05, 0) is 59.9 Å². The highest BCUT2D eigenvalue weighted by Crippen LogP contribution is 2.34. The lowest BCUT2D eigenvalue weighted by molar-refractivity contribution is 0.297. The van der Waals surface area contributed by atoms with Gasteiger partial charge in [0.1, 0.15) is 0 Å². The summed E-state index contributed by atoms with van der Waals surface area (Å²) in [5, 5.41) is 12.8. The average molecular weight is 355 g/mol. The van der Waals surface area contributed by atoms with E-state index in [4.69, 9.17) is 0 Å². The molecular weight excluding hydrogens is 328 g/mol. The van der Waals surface area contributed by atoms with Crippen LogP contribution in [0.3, 0.4) is 0 Å². The molecule has 1 aliphatic carbocycles. The van der Waals surface area contributed by atoms with Crippen molar-refractivity contribution in [3.63, 3.8) is 0 Å². The number of benzene rings is 1. The normalized spacial score (nSPS) is 17.1. The molecule has 0 radical (unpaired) electrons. The molecule has 118 valence electrons. The lowest BCUT2D eigenvalue weighted by atomic mass is 10.1. The van der Waals surface area contributed by atoms with Gasteiger partial charge in [0.15, 0.2) is 0 Å². The number of rotatable bonds is 7. The first-order valence-corrected chi connectivity index (χ1v) is 8.87. The van der Waals surface area contributed by atoms with Crippen LogP contribution in [0.2, 0.25) is 0 Å². The van der Waals surface area contributed by atoms with E-state index in [-0.39, 0.29) is 6.61 Å². The van der Waals surface area contributed by atoms with Crippen molar-refractivity contribution in [2.24, 2.45) is 0 Å². The zero-order chi connectivity index (χ0) is 15.2. The first kappa shape index (κ1) is 16.8. The molecule has 0 saturated heterocycles. The topological polar surface area (TPSA) is 35.5 Å². The maximum Gasteiger partial charge on any atom is 0.0606 e. The van der Waals surface area contributed by atoms with Gasteiger partial charge in [-0.1, -0.05) is 25.8 Å². The Kier molecular flexibility index (Phi) is 6.52. The Hall–Kier alpha value is -0.580. The smallest absolute Gasteiger partial charge is 0.0606 e. The Morgan fingerprint density at radius 2 is 2.10 bits per heavy atom. The maximum absolute atomic E-state index is 9.40. The molecule has 1 aliphatic rings. The standard InChI is InChI=1S/C17H27BrN2O/c1-3-19-13(2)14-8-9-17(16(18)12-14)20(10-11-21)15-6-4-5-7-15/h8-9,12-13,15,19,21H,3-7,10-11H2,1-2H3. The number of aliphatic hydroxyl groups excluding tert-OH is 1. The van der Waals surface area contributed by atoms with E-state index in [2.05, 4.69) is 58.2 Å². The Balaban J connectivity index is 2.20. The second-order valence-electron chi connectivity index (χ2n) is 5.85. The van der Waals surface area contributed by atoms with Crippen LogP contribution in [0.1, 0.15) is 51.1 Å². The van der Waals surface area contributed by atoms with Crippen LogP contribution in [-0.4, -0.2) is 30.8 Å². The summed E-state index contributed by atoms with van der Waals surface area (Å²) in [6.07, 6.45) is 5.09. The molecule has 1 aromatic rings. The van der Waals surface area contributed by atoms with Crippen LogP contribution in [0.15, 0.2) is 22.7 Å². The van der Waals surface area contributed by atoms with Crippen LogP contribution in [0.25, 0.3) is 0 Å². The van der Waals surface area contributed by atoms with Crippen molar-refractivity contribution in [3.05, 3.63) is 28.2 Å². The van der Waals surface area contributed by atoms with Crippen LogP contribution in [0, 0.1) is 0 Å². The fraction of sp³-hybridized carbons (Fsp3) is 0.647. The van der Waals surface area contributed by atoms with Crippen molar-refractivity contribution < 1.29 is 5.11 Å². The molecular formula is C17H27BrN2O. The van der Waals surface area contributed by atoms with Crippen molar-refractivity contribution in [3.8, 4) is 0 Å². The average Bonchev–Trinajstić information content (AvgIpc) is 2.99. The summed E-state index contributed by atoms with van der Waals surface area (Å²) in [6, 6.07) is 7.54. The summed E-state index contributed by atoms with van der Waals surface area (Å²) in [5.41, 5.74) is 2.51. The van der Waals surface area contributed by atoms with Crippen LogP contribution < -0.4 is 10.2 Å². The van der Waals surface area contributed by atoms with Gasteiger partial charge in [0.05, 0.1) is 12.3 Å². The fourth-order valence-electron chi connectivity index (χ4n) is 3.27. The summed E-state index contributed by atoms with van der Waals surface area (Å²) in [4.78, 5) is 2.37. The molecule has 0 spiro atoms. The lowest BCUT2D eigenvalue weighted by Gasteiger charge is -2.32. The second kappa shape index (κ2) is 8.16. The molecule has 21 heavy (non-hydrogen) atoms. The third-order valence-corrected chi connectivity index (χ3v) is 5.03. The molecule has 1 fully saturated rings. The molecule has 2 rings (SSSR count). The molecule has 3 nitrogen and oxygen atoms in total. The molecule has 4 heteroatoms. The lowest BCUT2D eigenvalue weighted by Crippen LogP contribution is -2.36. The number of aliphatic hydroxyl groups is 1. The fourth-order valence-corrected chi connectivity index (χ4v) is 3.90. The predicted molar refractivity (Wildman–Crippen MR) is 92.9 cm³/mol. The van der Waals surface area contributed by atoms with Gasteiger partial charge in [-0.3, -0.25) is 0 Å². The van der Waals surface area contributed by atoms with Crippen LogP contribution in [0.4, 0.5) is 5.69 Å². The summed E-state index contributed by atoms with van der Waals surface area (Å²) in [5.74, 6) is 0. The highest BCUT2D eigenvalue weighted by atomic mass is 79.9. The number of nitrogens with one attached hydrogen (secondary N) is 1. The van der Waals surface area contributed by atoms with E-state index in [0.29, 0.717) is 18.6 Å². The first-order chi connectivity index (χ1) is 10.2. The molecule has 0 heterocycles. The van der Waals surface area contributed by atoms with Gasteiger partial charge in [-0.25, -0.2) is 0 Å². The molecule has 1 unspecified atom stereocenters. The number of nitrogens with zero attached hydrogens (tertiary/aromatic N) is 1. The molecule has 0 aliphatic heterocycles. The van der Waals surface area contributed by atoms with Gasteiger partial charge in [-0.15, -0.1) is 0 Å². The van der Waals surface area contributed by atoms with E-state index >= 15 is 0 Å². The van der Waals surface area contributed by atoms with Crippen molar-refractivity contribution in [1.82, 2.24) is 5.32 Å². The third-order valence-electron chi connectivity index (χ3n) is 4.40. The monoisotopic (exact) mass is 354 g/mol. The van der Waals surface area contributed by atoms with E-state index in [9.17, 15) is 5.11 Å². The highest BCUT2D eigenvalue weighted by Gasteiger charge is 2.24. The minimum Gasteiger partial charge on any atom is -0.395 e. The number of hydrogen-bond acceptors (Lipinski definition) is 3. The summed E-state index contributed by atoms with van der Waals surface area (Å²) < 4.78 is 1.13. The number of anilines is 1. The van der Waals surface area contributed by atoms with Crippen molar-refractivity contribution in [1.29, 1.82) is 0 Å². The van der Waals surface area contributed by atoms with Crippen LogP contribution >= 0.6 is 15.9 Å². The van der Waals surface area contributed by atoms with Crippen LogP contribution in [-0.2, 0) is 0 Å². The number of halogens is 1. The van der Waals surface area contributed by atoms with E-state index in [1.165, 1.54) is 36.9 Å². The zero-order valence-electron chi connectivity index (χ0n) is 13.1. The quantitative estimate of drug-likeness (QED) is 0.780. The Bertz CT molecular complexity index is 446. The van der Waals surface area contributed by atoms with Gasteiger partial charge < -0.3 is 15.3 Å². The second-order valence-corrected chi connectivity index (χ2v) is 6.70. The molecule has 1 aromatic carbocycles. The van der Waals surface area contributed by atoms with E-state index in [1.54, 1.807) is 0 Å². The molecule has 0 amide bonds. The third kappa shape index (κ3) is 4.21. The van der Waals surface area contributed by atoms with Gasteiger partial charge in [0.25, 0.3) is 0 Å². The van der Waals surface area contributed by atoms with Gasteiger partial charge in [-0.2, -0.15) is 0 Å². The van der Waals surface area contributed by atoms with Gasteiger partial charge in [0.2, 0.25) is 0 Å². The highest BCUT2D eigenvalue weighted by molar-refractivity contribution is 9.10. The zero-order valence-corrected chi connectivity index (χ0v) is 14.7. The van der Waals surface area contributed by atoms with Crippen molar-refractivity contribution >= 4 is 21.6 Å². The van der Waals surface area contributed by atoms with E-state index < -0.39 is 0 Å². The minimum absolute atomic E-state index is 0.207. The first-order valence-electron chi connectivity index (χ1n) is 8.07. The maximum atomic E-state index is 9.40. The van der Waals surface area contributed by atoms with Crippen LogP contribution in [0.5, 0.6) is 0 Å². The summed E-state index contributed by atoms with van der Waals surface area (Å²) in [7, 11) is 0. The van der Waals surface area contributed by atoms with E-state index in [1.807, 2.05) is 0 Å². The minimum atomic E-state index is 0.207. The number of hydrogen-bond donors (Lipinski definition) is 2.